The number of hydrogen-bond donors (Lipinski definition) is 23. The van der Waals surface area contributed by atoms with Crippen LogP contribution in [0.5, 0.6) is 5.75 Å². The zero-order valence-electron chi connectivity index (χ0n) is 49.7. The van der Waals surface area contributed by atoms with Crippen LogP contribution in [0.1, 0.15) is 43.7 Å². The number of aliphatic hydroxyl groups excluding tert-OH is 13. The van der Waals surface area contributed by atoms with Crippen LogP contribution in [0.25, 0.3) is 0 Å². The first-order valence-corrected chi connectivity index (χ1v) is 29.5. The van der Waals surface area contributed by atoms with Gasteiger partial charge in [0.1, 0.15) is 109 Å². The van der Waals surface area contributed by atoms with E-state index in [1.807, 2.05) is 0 Å². The smallest absolute Gasteiger partial charge is 0.306 e. The first kappa shape index (κ1) is 72.5. The monoisotopic (exact) mass is 1310 g/mol. The summed E-state index contributed by atoms with van der Waals surface area (Å²) in [7, 11) is 0. The third kappa shape index (κ3) is 16.9. The number of guanidine groups is 2. The van der Waals surface area contributed by atoms with Crippen molar-refractivity contribution in [3.8, 4) is 5.75 Å². The van der Waals surface area contributed by atoms with Crippen LogP contribution in [0, 0.1) is 10.8 Å². The Hall–Kier alpha value is -6.92. The van der Waals surface area contributed by atoms with Gasteiger partial charge in [-0.25, -0.2) is 0 Å². The molecule has 92 heavy (non-hydrogen) atoms. The molecule has 2 aromatic carbocycles. The second-order valence-electron chi connectivity index (χ2n) is 22.7. The highest BCUT2D eigenvalue weighted by molar-refractivity contribution is 5.96. The maximum absolute atomic E-state index is 14.9. The van der Waals surface area contributed by atoms with E-state index in [0.29, 0.717) is 12.0 Å². The fraction of sp³-hybridized carbons (Fsp3) is 0.643. The molecule has 5 fully saturated rings. The quantitative estimate of drug-likeness (QED) is 0.0336. The van der Waals surface area contributed by atoms with Crippen molar-refractivity contribution < 1.29 is 124 Å². The van der Waals surface area contributed by atoms with Gasteiger partial charge in [-0.3, -0.25) is 39.6 Å². The van der Waals surface area contributed by atoms with Crippen molar-refractivity contribution in [2.24, 2.45) is 5.73 Å². The second-order valence-corrected chi connectivity index (χ2v) is 22.7. The van der Waals surface area contributed by atoms with Crippen molar-refractivity contribution in [1.29, 1.82) is 10.8 Å². The number of hydrogen-bond acceptors (Lipinski definition) is 28. The topological polar surface area (TPSA) is 582 Å². The molecule has 25 unspecified atom stereocenters. The molecule has 1 radical (unpaired) electrons. The van der Waals surface area contributed by atoms with E-state index in [-0.39, 0.29) is 30.2 Å². The van der Waals surface area contributed by atoms with Crippen LogP contribution < -0.4 is 47.7 Å². The number of nitrogens with one attached hydrogen (secondary N) is 9. The van der Waals surface area contributed by atoms with Gasteiger partial charge in [0.25, 0.3) is 0 Å². The summed E-state index contributed by atoms with van der Waals surface area (Å²) in [6.45, 7) is -1.04. The Morgan fingerprint density at radius 2 is 1.32 bits per heavy atom. The minimum absolute atomic E-state index is 0.0610. The molecule has 36 nitrogen and oxygen atoms in total. The fourth-order valence-electron chi connectivity index (χ4n) is 11.0. The molecule has 0 saturated carbocycles. The van der Waals surface area contributed by atoms with Crippen molar-refractivity contribution >= 4 is 47.8 Å². The van der Waals surface area contributed by atoms with Gasteiger partial charge in [-0.15, -0.1) is 0 Å². The van der Waals surface area contributed by atoms with E-state index in [2.05, 4.69) is 37.2 Å². The highest BCUT2D eigenvalue weighted by Gasteiger charge is 2.55. The summed E-state index contributed by atoms with van der Waals surface area (Å²) in [5.41, 5.74) is 7.38. The van der Waals surface area contributed by atoms with Crippen molar-refractivity contribution in [2.45, 2.75) is 186 Å². The normalized spacial score (nSPS) is 32.3. The largest absolute Gasteiger partial charge is 0.462 e. The Morgan fingerprint density at radius 1 is 0.696 bits per heavy atom. The predicted octanol–water partition coefficient (Wildman–Crippen LogP) is -11.0. The minimum atomic E-state index is -2.30. The second kappa shape index (κ2) is 32.8. The number of rotatable bonds is 29. The summed E-state index contributed by atoms with van der Waals surface area (Å²) < 4.78 is 33.9. The first-order chi connectivity index (χ1) is 43.8. The minimum Gasteiger partial charge on any atom is -0.462 e. The third-order valence-electron chi connectivity index (χ3n) is 16.4. The van der Waals surface area contributed by atoms with Gasteiger partial charge >= 0.3 is 5.97 Å². The number of aliphatic hydroxyl groups is 13. The molecule has 5 saturated heterocycles. The van der Waals surface area contributed by atoms with Crippen molar-refractivity contribution in [3.05, 3.63) is 65.7 Å². The molecule has 4 amide bonds. The van der Waals surface area contributed by atoms with Crippen LogP contribution >= 0.6 is 0 Å². The molecule has 0 aromatic heterocycles. The zero-order valence-corrected chi connectivity index (χ0v) is 49.7. The average Bonchev–Trinajstić information content (AvgIpc) is 1.41. The number of carbonyl (C=O) groups excluding carboxylic acids is 6. The Morgan fingerprint density at radius 3 is 1.92 bits per heavy atom. The van der Waals surface area contributed by atoms with Crippen LogP contribution in [-0.2, 0) is 58.9 Å². The van der Waals surface area contributed by atoms with Gasteiger partial charge in [0.2, 0.25) is 36.2 Å². The molecule has 24 N–H and O–H groups in total. The summed E-state index contributed by atoms with van der Waals surface area (Å²) in [6, 6.07) is 1.78. The van der Waals surface area contributed by atoms with Gasteiger partial charge in [-0.2, -0.15) is 0 Å². The number of ether oxygens (including phenoxy) is 6. The molecule has 0 spiro atoms. The lowest BCUT2D eigenvalue weighted by Crippen LogP contribution is -2.69. The number of amides is 4. The molecule has 0 aliphatic carbocycles. The summed E-state index contributed by atoms with van der Waals surface area (Å²) in [5, 5.41) is 175. The SMILES string of the molecule is CCCC(=O)OC1C(O)C(CO)OC(OC2C(CO)OC(Oc3ccc(CC(NC(=O)C(N)C(C)c4ccccc4)C(=O)NC(C(=O)NC(C(=O)NC([C]=O)CO)C(O)C4CNC(=N)N4C4OC(CO)C(O)C(O)C4O)C(O)C4CNC(=N)N4)cc3)C(O)C2O)C1O. The summed E-state index contributed by atoms with van der Waals surface area (Å²) in [4.78, 5) is 83.1. The van der Waals surface area contributed by atoms with Crippen LogP contribution in [0.4, 0.5) is 0 Å². The molecular weight excluding hydrogens is 1230 g/mol. The Bertz CT molecular complexity index is 2820. The van der Waals surface area contributed by atoms with E-state index in [4.69, 9.17) is 45.0 Å². The standard InChI is InChI=1S/C56H82N11O25/c1-3-7-33(73)91-47-40(77)31(20-71)89-54(45(47)82)92-46-32(21-72)90-53(44(81)42(46)79)87-26-12-10-23(11-13-26)14-27(63-49(84)34(57)22(2)24-8-5-4-6-9-24)48(83)65-35(37(74)28-15-60-55(58)64-28)51(86)66-36(50(85)62-25(17-68)18-69)38(75)29-16-61-56(59)67(29)52-43(80)41(78)39(76)30(19-70)88-52/h4-6,8-13,22,25,27-32,34-47,52-54,68,70-72,74-82H,3,7,14-17,19-21,57H2,1-2H3,(H2,59,61)(H,62,85)(H,63,84)(H,65,83)(H,66,86)(H3,58,60,64). The molecule has 511 valence electrons. The van der Waals surface area contributed by atoms with E-state index < -0.39 is 227 Å². The van der Waals surface area contributed by atoms with Crippen LogP contribution in [-0.4, -0.2) is 305 Å². The third-order valence-corrected chi connectivity index (χ3v) is 16.4. The maximum Gasteiger partial charge on any atom is 0.306 e. The summed E-state index contributed by atoms with van der Waals surface area (Å²) in [5.74, 6) is -7.38. The van der Waals surface area contributed by atoms with Crippen molar-refractivity contribution in [3.63, 3.8) is 0 Å². The van der Waals surface area contributed by atoms with Gasteiger partial charge in [-0.1, -0.05) is 56.3 Å². The predicted molar refractivity (Wildman–Crippen MR) is 309 cm³/mol. The maximum atomic E-state index is 14.9. The van der Waals surface area contributed by atoms with Gasteiger partial charge in [0.15, 0.2) is 30.5 Å². The number of esters is 1. The lowest BCUT2D eigenvalue weighted by molar-refractivity contribution is -0.353. The molecule has 0 bridgehead atoms. The Balaban J connectivity index is 1.14. The number of nitrogens with zero attached hydrogens (tertiary/aromatic N) is 1. The molecule has 2 aromatic rings. The molecule has 5 aliphatic rings. The highest BCUT2D eigenvalue weighted by Crippen LogP contribution is 2.33. The van der Waals surface area contributed by atoms with Crippen LogP contribution in [0.15, 0.2) is 54.6 Å². The van der Waals surface area contributed by atoms with E-state index in [0.717, 1.165) is 4.90 Å². The van der Waals surface area contributed by atoms with E-state index in [9.17, 15) is 95.2 Å². The van der Waals surface area contributed by atoms with Crippen LogP contribution in [0.2, 0.25) is 0 Å². The number of benzene rings is 2. The molecule has 5 aliphatic heterocycles. The van der Waals surface area contributed by atoms with Gasteiger partial charge in [0, 0.05) is 31.8 Å². The van der Waals surface area contributed by atoms with Crippen LogP contribution in [0.3, 0.4) is 0 Å². The van der Waals surface area contributed by atoms with E-state index in [1.165, 1.54) is 30.6 Å². The van der Waals surface area contributed by atoms with Gasteiger partial charge < -0.3 is 143 Å². The molecule has 7 rings (SSSR count). The lowest BCUT2D eigenvalue weighted by atomic mass is 9.93. The van der Waals surface area contributed by atoms with Gasteiger partial charge in [-0.05, 0) is 29.7 Å². The van der Waals surface area contributed by atoms with E-state index in [1.54, 1.807) is 44.2 Å². The number of carbonyl (C=O) groups is 5. The Labute approximate surface area is 525 Å². The molecule has 5 heterocycles. The van der Waals surface area contributed by atoms with Crippen molar-refractivity contribution in [1.82, 2.24) is 42.1 Å². The highest BCUT2D eigenvalue weighted by atomic mass is 16.7. The molecular formula is C56H82N11O25. The summed E-state index contributed by atoms with van der Waals surface area (Å²) in [6.07, 6.45) is -29.8. The van der Waals surface area contributed by atoms with Gasteiger partial charge in [0.05, 0.1) is 44.6 Å². The average molecular weight is 1310 g/mol. The fourth-order valence-corrected chi connectivity index (χ4v) is 11.0. The van der Waals surface area contributed by atoms with E-state index >= 15 is 0 Å². The summed E-state index contributed by atoms with van der Waals surface area (Å²) >= 11 is 0. The first-order valence-electron chi connectivity index (χ1n) is 29.5. The zero-order chi connectivity index (χ0) is 67.4. The number of nitrogens with two attached hydrogens (primary N) is 1. The van der Waals surface area contributed by atoms with Crippen molar-refractivity contribution in [2.75, 3.05) is 39.5 Å². The lowest BCUT2D eigenvalue weighted by Gasteiger charge is -2.46. The Kier molecular flexibility index (Phi) is 25.8. The molecule has 36 heteroatoms. The molecule has 25 atom stereocenters.